The van der Waals surface area contributed by atoms with Crippen LogP contribution in [0.4, 0.5) is 0 Å². The van der Waals surface area contributed by atoms with E-state index in [4.69, 9.17) is 5.26 Å². The molecule has 0 radical (unpaired) electrons. The topological polar surface area (TPSA) is 85.2 Å². The number of rotatable bonds is 6. The summed E-state index contributed by atoms with van der Waals surface area (Å²) in [6.45, 7) is 7.03. The van der Waals surface area contributed by atoms with Crippen LogP contribution in [0.3, 0.4) is 0 Å². The molecule has 1 aliphatic rings. The number of nitriles is 1. The van der Waals surface area contributed by atoms with Gasteiger partial charge in [0.15, 0.2) is 0 Å². The average Bonchev–Trinajstić information content (AvgIpc) is 2.53. The zero-order valence-electron chi connectivity index (χ0n) is 13.2. The molecule has 0 spiro atoms. The van der Waals surface area contributed by atoms with E-state index in [9.17, 15) is 8.42 Å². The third-order valence-electron chi connectivity index (χ3n) is 3.76. The van der Waals surface area contributed by atoms with Gasteiger partial charge in [0.2, 0.25) is 10.0 Å². The number of halogens is 1. The number of nitrogens with zero attached hydrogens (tertiary/aromatic N) is 2. The molecule has 0 aromatic heterocycles. The summed E-state index contributed by atoms with van der Waals surface area (Å²) in [5, 5.41) is 12.2. The maximum absolute atomic E-state index is 12.3. The first-order valence-corrected chi connectivity index (χ1v) is 8.95. The highest BCUT2D eigenvalue weighted by Gasteiger charge is 2.17. The van der Waals surface area contributed by atoms with Gasteiger partial charge in [-0.3, -0.25) is 0 Å². The minimum Gasteiger partial charge on any atom is -0.314 e. The number of aryl methyl sites for hydroxylation is 1. The molecule has 0 saturated carbocycles. The monoisotopic (exact) mass is 358 g/mol. The lowest BCUT2D eigenvalue weighted by molar-refractivity contribution is 0.239. The van der Waals surface area contributed by atoms with Gasteiger partial charge in [-0.25, -0.2) is 13.1 Å². The second-order valence-corrected chi connectivity index (χ2v) is 7.17. The predicted molar refractivity (Wildman–Crippen MR) is 92.3 cm³/mol. The minimum atomic E-state index is -3.56. The first-order chi connectivity index (χ1) is 10.5. The van der Waals surface area contributed by atoms with Crippen LogP contribution in [0.5, 0.6) is 0 Å². The molecule has 6 nitrogen and oxygen atoms in total. The molecular formula is C15H23ClN4O2S. The van der Waals surface area contributed by atoms with Crippen LogP contribution in [0, 0.1) is 18.3 Å². The van der Waals surface area contributed by atoms with Crippen molar-refractivity contribution in [3.8, 4) is 6.07 Å². The fourth-order valence-corrected chi connectivity index (χ4v) is 3.82. The molecule has 1 aliphatic heterocycles. The second kappa shape index (κ2) is 9.21. The summed E-state index contributed by atoms with van der Waals surface area (Å²) in [6, 6.07) is 6.68. The largest absolute Gasteiger partial charge is 0.314 e. The number of benzene rings is 1. The molecule has 0 unspecified atom stereocenters. The summed E-state index contributed by atoms with van der Waals surface area (Å²) >= 11 is 0. The SMILES string of the molecule is Cc1ccc(C#N)cc1S(=O)(=O)NCCCN1CCNCC1.Cl. The first kappa shape index (κ1) is 19.9. The Morgan fingerprint density at radius 1 is 1.35 bits per heavy atom. The normalized spacial score (nSPS) is 15.7. The van der Waals surface area contributed by atoms with Crippen LogP contribution in [-0.2, 0) is 10.0 Å². The van der Waals surface area contributed by atoms with E-state index in [1.807, 2.05) is 6.07 Å². The van der Waals surface area contributed by atoms with Crippen molar-refractivity contribution in [2.24, 2.45) is 0 Å². The third kappa shape index (κ3) is 5.75. The zero-order valence-corrected chi connectivity index (χ0v) is 14.8. The maximum atomic E-state index is 12.3. The lowest BCUT2D eigenvalue weighted by atomic mass is 10.2. The molecule has 1 saturated heterocycles. The Bertz CT molecular complexity index is 652. The highest BCUT2D eigenvalue weighted by atomic mass is 35.5. The third-order valence-corrected chi connectivity index (χ3v) is 5.36. The van der Waals surface area contributed by atoms with E-state index in [0.717, 1.165) is 39.1 Å². The van der Waals surface area contributed by atoms with Crippen molar-refractivity contribution in [3.05, 3.63) is 29.3 Å². The van der Waals surface area contributed by atoms with Gasteiger partial charge < -0.3 is 10.2 Å². The van der Waals surface area contributed by atoms with Crippen molar-refractivity contribution in [2.45, 2.75) is 18.2 Å². The van der Waals surface area contributed by atoms with Crippen molar-refractivity contribution in [3.63, 3.8) is 0 Å². The van der Waals surface area contributed by atoms with Gasteiger partial charge in [-0.15, -0.1) is 12.4 Å². The van der Waals surface area contributed by atoms with Crippen molar-refractivity contribution in [1.82, 2.24) is 14.9 Å². The highest BCUT2D eigenvalue weighted by Crippen LogP contribution is 2.16. The standard InChI is InChI=1S/C15H22N4O2S.ClH/c1-13-3-4-14(12-16)11-15(13)22(20,21)18-5-2-8-19-9-6-17-7-10-19;/h3-4,11,17-18H,2,5-10H2,1H3;1H. The van der Waals surface area contributed by atoms with Crippen molar-refractivity contribution in [2.75, 3.05) is 39.3 Å². The van der Waals surface area contributed by atoms with E-state index in [1.54, 1.807) is 19.1 Å². The van der Waals surface area contributed by atoms with Gasteiger partial charge in [0.1, 0.15) is 0 Å². The van der Waals surface area contributed by atoms with E-state index in [1.165, 1.54) is 6.07 Å². The van der Waals surface area contributed by atoms with E-state index in [2.05, 4.69) is 14.9 Å². The van der Waals surface area contributed by atoms with Gasteiger partial charge in [0.05, 0.1) is 16.5 Å². The summed E-state index contributed by atoms with van der Waals surface area (Å²) in [6.07, 6.45) is 0.774. The van der Waals surface area contributed by atoms with Crippen LogP contribution >= 0.6 is 12.4 Å². The van der Waals surface area contributed by atoms with E-state index < -0.39 is 10.0 Å². The molecule has 0 aliphatic carbocycles. The van der Waals surface area contributed by atoms with Crippen molar-refractivity contribution >= 4 is 22.4 Å². The molecular weight excluding hydrogens is 336 g/mol. The quantitative estimate of drug-likeness (QED) is 0.737. The molecule has 0 atom stereocenters. The average molecular weight is 359 g/mol. The molecule has 8 heteroatoms. The predicted octanol–water partition coefficient (Wildman–Crippen LogP) is 0.862. The lowest BCUT2D eigenvalue weighted by Crippen LogP contribution is -2.44. The summed E-state index contributed by atoms with van der Waals surface area (Å²) < 4.78 is 27.3. The number of nitrogens with one attached hydrogen (secondary N) is 2. The molecule has 1 fully saturated rings. The summed E-state index contributed by atoms with van der Waals surface area (Å²) in [7, 11) is -3.56. The lowest BCUT2D eigenvalue weighted by Gasteiger charge is -2.27. The maximum Gasteiger partial charge on any atom is 0.240 e. The molecule has 1 aromatic rings. The highest BCUT2D eigenvalue weighted by molar-refractivity contribution is 7.89. The van der Waals surface area contributed by atoms with Crippen LogP contribution < -0.4 is 10.0 Å². The van der Waals surface area contributed by atoms with Gasteiger partial charge in [-0.1, -0.05) is 6.07 Å². The number of hydrogen-bond donors (Lipinski definition) is 2. The molecule has 2 N–H and O–H groups in total. The van der Waals surface area contributed by atoms with Crippen LogP contribution in [0.2, 0.25) is 0 Å². The van der Waals surface area contributed by atoms with E-state index in [0.29, 0.717) is 17.7 Å². The number of hydrogen-bond acceptors (Lipinski definition) is 5. The van der Waals surface area contributed by atoms with Gasteiger partial charge in [0.25, 0.3) is 0 Å². The molecule has 1 heterocycles. The first-order valence-electron chi connectivity index (χ1n) is 7.46. The van der Waals surface area contributed by atoms with E-state index >= 15 is 0 Å². The van der Waals surface area contributed by atoms with Gasteiger partial charge in [0, 0.05) is 32.7 Å². The van der Waals surface area contributed by atoms with Crippen molar-refractivity contribution < 1.29 is 8.42 Å². The number of sulfonamides is 1. The van der Waals surface area contributed by atoms with Gasteiger partial charge in [-0.2, -0.15) is 5.26 Å². The Hall–Kier alpha value is -1.17. The van der Waals surface area contributed by atoms with Gasteiger partial charge >= 0.3 is 0 Å². The summed E-state index contributed by atoms with van der Waals surface area (Å²) in [4.78, 5) is 2.51. The molecule has 0 bridgehead atoms. The Labute approximate surface area is 144 Å². The Kier molecular flexibility index (Phi) is 7.95. The molecule has 23 heavy (non-hydrogen) atoms. The van der Waals surface area contributed by atoms with E-state index in [-0.39, 0.29) is 17.3 Å². The Morgan fingerprint density at radius 3 is 2.70 bits per heavy atom. The fourth-order valence-electron chi connectivity index (χ4n) is 2.48. The zero-order chi connectivity index (χ0) is 16.0. The smallest absolute Gasteiger partial charge is 0.240 e. The Balaban J connectivity index is 0.00000264. The molecule has 0 amide bonds. The fraction of sp³-hybridized carbons (Fsp3) is 0.533. The minimum absolute atomic E-state index is 0. The molecule has 2 rings (SSSR count). The second-order valence-electron chi connectivity index (χ2n) is 5.44. The van der Waals surface area contributed by atoms with Crippen LogP contribution in [-0.4, -0.2) is 52.6 Å². The molecule has 128 valence electrons. The van der Waals surface area contributed by atoms with Gasteiger partial charge in [-0.05, 0) is 37.6 Å². The summed E-state index contributed by atoms with van der Waals surface area (Å²) in [5.74, 6) is 0. The van der Waals surface area contributed by atoms with Crippen LogP contribution in [0.15, 0.2) is 23.1 Å². The van der Waals surface area contributed by atoms with Crippen LogP contribution in [0.25, 0.3) is 0 Å². The number of piperazine rings is 1. The summed E-state index contributed by atoms with van der Waals surface area (Å²) in [5.41, 5.74) is 1.00. The Morgan fingerprint density at radius 2 is 2.04 bits per heavy atom. The van der Waals surface area contributed by atoms with Crippen molar-refractivity contribution in [1.29, 1.82) is 5.26 Å². The molecule has 1 aromatic carbocycles. The van der Waals surface area contributed by atoms with Crippen LogP contribution in [0.1, 0.15) is 17.5 Å².